The van der Waals surface area contributed by atoms with Crippen molar-refractivity contribution in [3.8, 4) is 11.5 Å². The first-order valence-corrected chi connectivity index (χ1v) is 6.20. The highest BCUT2D eigenvalue weighted by Crippen LogP contribution is 2.27. The molecule has 0 radical (unpaired) electrons. The maximum Gasteiger partial charge on any atom is 0.339 e. The highest BCUT2D eigenvalue weighted by Gasteiger charge is 2.12. The van der Waals surface area contributed by atoms with Gasteiger partial charge in [0, 0.05) is 9.26 Å². The zero-order chi connectivity index (χ0) is 13.1. The van der Waals surface area contributed by atoms with Crippen LogP contribution in [0.1, 0.15) is 10.4 Å². The lowest BCUT2D eigenvalue weighted by atomic mass is 10.2. The average molecular weight is 355 g/mol. The number of nitrogen functional groups attached to an aromatic ring is 1. The van der Waals surface area contributed by atoms with Gasteiger partial charge in [-0.25, -0.2) is 4.79 Å². The Balaban J connectivity index is 2.37. The van der Waals surface area contributed by atoms with Crippen LogP contribution in [0.25, 0.3) is 0 Å². The maximum absolute atomic E-state index is 11.1. The zero-order valence-corrected chi connectivity index (χ0v) is 11.4. The van der Waals surface area contributed by atoms with E-state index in [1.165, 1.54) is 6.07 Å². The van der Waals surface area contributed by atoms with Gasteiger partial charge in [-0.2, -0.15) is 0 Å². The topological polar surface area (TPSA) is 72.5 Å². The number of halogens is 1. The van der Waals surface area contributed by atoms with Crippen LogP contribution in [0.2, 0.25) is 0 Å². The summed E-state index contributed by atoms with van der Waals surface area (Å²) < 4.78 is 6.58. The predicted molar refractivity (Wildman–Crippen MR) is 77.0 cm³/mol. The second-order valence-electron chi connectivity index (χ2n) is 3.62. The summed E-state index contributed by atoms with van der Waals surface area (Å²) in [7, 11) is 0. The molecular weight excluding hydrogens is 345 g/mol. The summed E-state index contributed by atoms with van der Waals surface area (Å²) in [6, 6.07) is 11.9. The number of rotatable bonds is 3. The molecule has 0 heterocycles. The fourth-order valence-corrected chi connectivity index (χ4v) is 1.98. The normalized spacial score (nSPS) is 10.1. The number of anilines is 1. The van der Waals surface area contributed by atoms with Gasteiger partial charge in [0.1, 0.15) is 17.1 Å². The van der Waals surface area contributed by atoms with Crippen molar-refractivity contribution in [3.05, 3.63) is 51.6 Å². The number of carboxylic acids is 1. The summed E-state index contributed by atoms with van der Waals surface area (Å²) in [5.41, 5.74) is 6.00. The number of ether oxygens (including phenoxy) is 1. The molecule has 3 N–H and O–H groups in total. The molecule has 2 aromatic carbocycles. The summed E-state index contributed by atoms with van der Waals surface area (Å²) in [4.78, 5) is 11.1. The van der Waals surface area contributed by atoms with E-state index >= 15 is 0 Å². The van der Waals surface area contributed by atoms with E-state index in [0.29, 0.717) is 11.4 Å². The molecule has 2 aromatic rings. The number of carbonyl (C=O) groups is 1. The Hall–Kier alpha value is -1.76. The van der Waals surface area contributed by atoms with Crippen LogP contribution >= 0.6 is 22.6 Å². The fraction of sp³-hybridized carbons (Fsp3) is 0. The number of benzene rings is 2. The smallest absolute Gasteiger partial charge is 0.339 e. The van der Waals surface area contributed by atoms with Crippen molar-refractivity contribution in [2.45, 2.75) is 0 Å². The number of hydrogen-bond acceptors (Lipinski definition) is 3. The van der Waals surface area contributed by atoms with Crippen molar-refractivity contribution in [1.29, 1.82) is 0 Å². The van der Waals surface area contributed by atoms with Gasteiger partial charge < -0.3 is 15.6 Å². The molecule has 0 aliphatic rings. The summed E-state index contributed by atoms with van der Waals surface area (Å²) in [5, 5.41) is 9.09. The Labute approximate surface area is 118 Å². The van der Waals surface area contributed by atoms with Crippen LogP contribution in [0.5, 0.6) is 11.5 Å². The average Bonchev–Trinajstić information content (AvgIpc) is 2.31. The lowest BCUT2D eigenvalue weighted by Gasteiger charge is -2.09. The van der Waals surface area contributed by atoms with E-state index in [9.17, 15) is 4.79 Å². The zero-order valence-electron chi connectivity index (χ0n) is 9.26. The van der Waals surface area contributed by atoms with Gasteiger partial charge in [-0.05, 0) is 59.0 Å². The molecule has 5 heteroatoms. The molecule has 0 saturated heterocycles. The third-order valence-corrected chi connectivity index (χ3v) is 2.93. The van der Waals surface area contributed by atoms with E-state index in [1.807, 2.05) is 18.2 Å². The van der Waals surface area contributed by atoms with E-state index in [0.717, 1.165) is 3.57 Å². The molecule has 0 aliphatic carbocycles. The molecule has 0 aliphatic heterocycles. The van der Waals surface area contributed by atoms with E-state index in [2.05, 4.69) is 22.6 Å². The molecule has 18 heavy (non-hydrogen) atoms. The highest BCUT2D eigenvalue weighted by molar-refractivity contribution is 14.1. The molecule has 0 spiro atoms. The second kappa shape index (κ2) is 5.26. The first-order valence-electron chi connectivity index (χ1n) is 5.12. The van der Waals surface area contributed by atoms with Gasteiger partial charge in [0.15, 0.2) is 0 Å². The maximum atomic E-state index is 11.1. The number of aromatic carboxylic acids is 1. The molecule has 2 rings (SSSR count). The molecule has 0 saturated carbocycles. The summed E-state index contributed by atoms with van der Waals surface area (Å²) in [5.74, 6) is -0.198. The first-order chi connectivity index (χ1) is 8.56. The van der Waals surface area contributed by atoms with Crippen LogP contribution < -0.4 is 10.5 Å². The van der Waals surface area contributed by atoms with Gasteiger partial charge in [0.25, 0.3) is 0 Å². The van der Waals surface area contributed by atoms with Crippen LogP contribution in [0.3, 0.4) is 0 Å². The van der Waals surface area contributed by atoms with Crippen LogP contribution in [-0.2, 0) is 0 Å². The third kappa shape index (κ3) is 2.92. The Kier molecular flexibility index (Phi) is 3.71. The Morgan fingerprint density at radius 3 is 2.67 bits per heavy atom. The molecule has 0 atom stereocenters. The Bertz CT molecular complexity index is 599. The predicted octanol–water partition coefficient (Wildman–Crippen LogP) is 3.36. The minimum atomic E-state index is -1.07. The van der Waals surface area contributed by atoms with Crippen molar-refractivity contribution in [2.75, 3.05) is 5.73 Å². The number of carboxylic acid groups (broad SMARTS) is 1. The van der Waals surface area contributed by atoms with E-state index in [-0.39, 0.29) is 11.3 Å². The van der Waals surface area contributed by atoms with Crippen molar-refractivity contribution < 1.29 is 14.6 Å². The van der Waals surface area contributed by atoms with Gasteiger partial charge in [0.05, 0.1) is 0 Å². The van der Waals surface area contributed by atoms with Crippen LogP contribution in [0.4, 0.5) is 5.69 Å². The van der Waals surface area contributed by atoms with E-state index in [1.54, 1.807) is 18.2 Å². The third-order valence-electron chi connectivity index (χ3n) is 2.26. The van der Waals surface area contributed by atoms with Gasteiger partial charge in [-0.15, -0.1) is 0 Å². The van der Waals surface area contributed by atoms with Crippen LogP contribution in [-0.4, -0.2) is 11.1 Å². The molecule has 92 valence electrons. The van der Waals surface area contributed by atoms with Crippen LogP contribution in [0.15, 0.2) is 42.5 Å². The number of hydrogen-bond donors (Lipinski definition) is 2. The highest BCUT2D eigenvalue weighted by atomic mass is 127. The Morgan fingerprint density at radius 2 is 2.00 bits per heavy atom. The number of nitrogens with two attached hydrogens (primary N) is 1. The van der Waals surface area contributed by atoms with Gasteiger partial charge in [-0.3, -0.25) is 0 Å². The minimum Gasteiger partial charge on any atom is -0.478 e. The molecule has 0 fully saturated rings. The molecule has 0 unspecified atom stereocenters. The molecule has 4 nitrogen and oxygen atoms in total. The molecule has 0 aromatic heterocycles. The Morgan fingerprint density at radius 1 is 1.22 bits per heavy atom. The summed E-state index contributed by atoms with van der Waals surface area (Å²) in [6.07, 6.45) is 0. The molecule has 0 bridgehead atoms. The summed E-state index contributed by atoms with van der Waals surface area (Å²) in [6.45, 7) is 0. The standard InChI is InChI=1S/C13H10INO3/c14-8-2-1-3-10(6-8)18-12-5-4-9(15)7-11(12)13(16)17/h1-7H,15H2,(H,16,17). The van der Waals surface area contributed by atoms with Gasteiger partial charge in [-0.1, -0.05) is 6.07 Å². The monoisotopic (exact) mass is 355 g/mol. The minimum absolute atomic E-state index is 0.0499. The second-order valence-corrected chi connectivity index (χ2v) is 4.87. The quantitative estimate of drug-likeness (QED) is 0.654. The van der Waals surface area contributed by atoms with Crippen molar-refractivity contribution in [3.63, 3.8) is 0 Å². The SMILES string of the molecule is Nc1ccc(Oc2cccc(I)c2)c(C(=O)O)c1. The van der Waals surface area contributed by atoms with Crippen molar-refractivity contribution in [2.24, 2.45) is 0 Å². The van der Waals surface area contributed by atoms with Crippen LogP contribution in [0, 0.1) is 3.57 Å². The van der Waals surface area contributed by atoms with Gasteiger partial charge in [0.2, 0.25) is 0 Å². The molecular formula is C13H10INO3. The lowest BCUT2D eigenvalue weighted by Crippen LogP contribution is -2.01. The summed E-state index contributed by atoms with van der Waals surface area (Å²) >= 11 is 2.16. The van der Waals surface area contributed by atoms with Gasteiger partial charge >= 0.3 is 5.97 Å². The molecule has 0 amide bonds. The first kappa shape index (κ1) is 12.7. The van der Waals surface area contributed by atoms with Crippen molar-refractivity contribution >= 4 is 34.2 Å². The van der Waals surface area contributed by atoms with E-state index in [4.69, 9.17) is 15.6 Å². The van der Waals surface area contributed by atoms with E-state index < -0.39 is 5.97 Å². The fourth-order valence-electron chi connectivity index (χ4n) is 1.46. The largest absolute Gasteiger partial charge is 0.478 e. The lowest BCUT2D eigenvalue weighted by molar-refractivity contribution is 0.0694. The van der Waals surface area contributed by atoms with Crippen molar-refractivity contribution in [1.82, 2.24) is 0 Å².